The molecule has 8 heteroatoms. The predicted molar refractivity (Wildman–Crippen MR) is 139 cm³/mol. The second-order valence-corrected chi connectivity index (χ2v) is 9.59. The minimum Gasteiger partial charge on any atom is -0.488 e. The van der Waals surface area contributed by atoms with Crippen LogP contribution in [0, 0.1) is 11.6 Å². The van der Waals surface area contributed by atoms with Crippen LogP contribution in [0.4, 0.5) is 8.78 Å². The van der Waals surface area contributed by atoms with Gasteiger partial charge in [-0.1, -0.05) is 18.2 Å². The standard InChI is InChI=1S/C29H27F2N3O3/c1-18(16-33-9-11-36-12-10-33)34-27-8-5-19(14-26(27)32-29(34)35)13-23-21-3-2-4-25(31)24(21)17-37-28-15-20(30)6-7-22(23)28/h2-8,13-15,18H,9-12,16-17H2,1H3,(H,32,35)/t18-/m0/s1. The molecule has 0 aliphatic carbocycles. The maximum atomic E-state index is 14.7. The van der Waals surface area contributed by atoms with Crippen LogP contribution in [0.3, 0.4) is 0 Å². The first-order chi connectivity index (χ1) is 18.0. The zero-order valence-corrected chi connectivity index (χ0v) is 20.5. The minimum atomic E-state index is -0.420. The lowest BCUT2D eigenvalue weighted by Gasteiger charge is -2.29. The highest BCUT2D eigenvalue weighted by molar-refractivity contribution is 5.95. The van der Waals surface area contributed by atoms with Gasteiger partial charge in [-0.25, -0.2) is 13.6 Å². The number of aromatic amines is 1. The third kappa shape index (κ3) is 4.47. The monoisotopic (exact) mass is 503 g/mol. The Bertz CT molecular complexity index is 1570. The largest absolute Gasteiger partial charge is 0.488 e. The molecule has 1 atom stereocenters. The number of halogens is 2. The van der Waals surface area contributed by atoms with Crippen LogP contribution < -0.4 is 10.4 Å². The molecule has 2 aliphatic rings. The van der Waals surface area contributed by atoms with Crippen LogP contribution in [0.2, 0.25) is 0 Å². The fourth-order valence-corrected chi connectivity index (χ4v) is 5.33. The molecule has 37 heavy (non-hydrogen) atoms. The molecule has 6 nitrogen and oxygen atoms in total. The first kappa shape index (κ1) is 23.6. The van der Waals surface area contributed by atoms with Crippen LogP contribution in [0.5, 0.6) is 5.75 Å². The summed E-state index contributed by atoms with van der Waals surface area (Å²) in [5, 5.41) is 0. The van der Waals surface area contributed by atoms with Crippen LogP contribution in [0.25, 0.3) is 22.7 Å². The highest BCUT2D eigenvalue weighted by Gasteiger charge is 2.23. The quantitative estimate of drug-likeness (QED) is 0.427. The van der Waals surface area contributed by atoms with E-state index in [4.69, 9.17) is 9.47 Å². The van der Waals surface area contributed by atoms with E-state index in [9.17, 15) is 13.6 Å². The van der Waals surface area contributed by atoms with Crippen molar-refractivity contribution in [3.63, 3.8) is 0 Å². The summed E-state index contributed by atoms with van der Waals surface area (Å²) in [6.45, 7) is 5.95. The van der Waals surface area contributed by atoms with E-state index in [0.717, 1.165) is 41.8 Å². The van der Waals surface area contributed by atoms with Gasteiger partial charge < -0.3 is 14.5 Å². The summed E-state index contributed by atoms with van der Waals surface area (Å²) >= 11 is 0. The van der Waals surface area contributed by atoms with Gasteiger partial charge in [0, 0.05) is 42.9 Å². The van der Waals surface area contributed by atoms with Crippen molar-refractivity contribution >= 4 is 22.7 Å². The SMILES string of the molecule is C[C@@H](CN1CCOCC1)n1c(=O)[nH]c2cc(C=C3c4ccc(F)cc4OCc4c(F)cccc43)ccc21. The lowest BCUT2D eigenvalue weighted by molar-refractivity contribution is 0.0326. The third-order valence-corrected chi connectivity index (χ3v) is 7.13. The molecule has 0 radical (unpaired) electrons. The molecule has 0 bridgehead atoms. The number of H-pyrrole nitrogens is 1. The number of benzene rings is 3. The molecule has 1 fully saturated rings. The highest BCUT2D eigenvalue weighted by atomic mass is 19.1. The van der Waals surface area contributed by atoms with E-state index in [1.165, 1.54) is 18.2 Å². The first-order valence-electron chi connectivity index (χ1n) is 12.4. The summed E-state index contributed by atoms with van der Waals surface area (Å²) in [4.78, 5) is 18.2. The lowest BCUT2D eigenvalue weighted by atomic mass is 9.92. The molecule has 4 aromatic rings. The fourth-order valence-electron chi connectivity index (χ4n) is 5.33. The van der Waals surface area contributed by atoms with Gasteiger partial charge in [-0.05, 0) is 60.0 Å². The van der Waals surface area contributed by atoms with Crippen molar-refractivity contribution in [2.75, 3.05) is 32.8 Å². The van der Waals surface area contributed by atoms with Gasteiger partial charge in [0.05, 0.1) is 24.2 Å². The zero-order chi connectivity index (χ0) is 25.5. The second-order valence-electron chi connectivity index (χ2n) is 9.59. The summed E-state index contributed by atoms with van der Waals surface area (Å²) in [5.74, 6) is -0.432. The molecule has 0 saturated carbocycles. The molecule has 2 aliphatic heterocycles. The molecule has 190 valence electrons. The number of hydrogen-bond donors (Lipinski definition) is 1. The van der Waals surface area contributed by atoms with Crippen LogP contribution in [-0.2, 0) is 11.3 Å². The Morgan fingerprint density at radius 2 is 1.89 bits per heavy atom. The Hall–Kier alpha value is -3.75. The average molecular weight is 504 g/mol. The van der Waals surface area contributed by atoms with Gasteiger partial charge in [0.15, 0.2) is 0 Å². The van der Waals surface area contributed by atoms with Crippen molar-refractivity contribution in [3.8, 4) is 5.75 Å². The zero-order valence-electron chi connectivity index (χ0n) is 20.5. The number of ether oxygens (including phenoxy) is 2. The number of morpholine rings is 1. The number of nitrogens with zero attached hydrogens (tertiary/aromatic N) is 2. The summed E-state index contributed by atoms with van der Waals surface area (Å²) in [7, 11) is 0. The molecular weight excluding hydrogens is 476 g/mol. The topological polar surface area (TPSA) is 59.5 Å². The summed E-state index contributed by atoms with van der Waals surface area (Å²) in [5.41, 5.74) is 4.72. The van der Waals surface area contributed by atoms with Gasteiger partial charge in [0.2, 0.25) is 0 Å². The maximum Gasteiger partial charge on any atom is 0.326 e. The maximum absolute atomic E-state index is 14.7. The molecule has 1 N–H and O–H groups in total. The Labute approximate surface area is 212 Å². The van der Waals surface area contributed by atoms with Crippen LogP contribution in [-0.4, -0.2) is 47.3 Å². The van der Waals surface area contributed by atoms with Gasteiger partial charge >= 0.3 is 5.69 Å². The third-order valence-electron chi connectivity index (χ3n) is 7.13. The molecule has 0 spiro atoms. The van der Waals surface area contributed by atoms with Crippen LogP contribution in [0.1, 0.15) is 35.2 Å². The van der Waals surface area contributed by atoms with Crippen molar-refractivity contribution in [2.45, 2.75) is 19.6 Å². The van der Waals surface area contributed by atoms with Crippen molar-refractivity contribution < 1.29 is 18.3 Å². The Balaban J connectivity index is 1.42. The van der Waals surface area contributed by atoms with Gasteiger partial charge in [0.1, 0.15) is 24.0 Å². The fraction of sp³-hybridized carbons (Fsp3) is 0.276. The number of rotatable bonds is 4. The number of nitrogens with one attached hydrogen (secondary N) is 1. The highest BCUT2D eigenvalue weighted by Crippen LogP contribution is 2.39. The number of aromatic nitrogens is 2. The van der Waals surface area contributed by atoms with Crippen LogP contribution in [0.15, 0.2) is 59.4 Å². The lowest BCUT2D eigenvalue weighted by Crippen LogP contribution is -2.40. The molecule has 0 unspecified atom stereocenters. The van der Waals surface area contributed by atoms with E-state index in [1.807, 2.05) is 37.3 Å². The van der Waals surface area contributed by atoms with Crippen molar-refractivity contribution in [2.24, 2.45) is 0 Å². The molecule has 0 amide bonds. The van der Waals surface area contributed by atoms with Crippen LogP contribution >= 0.6 is 0 Å². The Morgan fingerprint density at radius 3 is 2.73 bits per heavy atom. The van der Waals surface area contributed by atoms with E-state index < -0.39 is 5.82 Å². The van der Waals surface area contributed by atoms with E-state index in [-0.39, 0.29) is 24.2 Å². The van der Waals surface area contributed by atoms with Crippen molar-refractivity contribution in [1.29, 1.82) is 0 Å². The predicted octanol–water partition coefficient (Wildman–Crippen LogP) is 4.98. The van der Waals surface area contributed by atoms with E-state index >= 15 is 0 Å². The van der Waals surface area contributed by atoms with Crippen molar-refractivity contribution in [3.05, 3.63) is 99.0 Å². The molecule has 3 heterocycles. The molecule has 3 aromatic carbocycles. The summed E-state index contributed by atoms with van der Waals surface area (Å²) in [6.07, 6.45) is 1.93. The van der Waals surface area contributed by atoms with E-state index in [2.05, 4.69) is 9.88 Å². The number of fused-ring (bicyclic) bond motifs is 3. The van der Waals surface area contributed by atoms with Gasteiger partial charge in [-0.3, -0.25) is 9.47 Å². The molecule has 6 rings (SSSR count). The molecule has 1 saturated heterocycles. The number of hydrogen-bond acceptors (Lipinski definition) is 4. The smallest absolute Gasteiger partial charge is 0.326 e. The Kier molecular flexibility index (Phi) is 6.14. The first-order valence-corrected chi connectivity index (χ1v) is 12.4. The van der Waals surface area contributed by atoms with Gasteiger partial charge in [0.25, 0.3) is 0 Å². The van der Waals surface area contributed by atoms with Crippen molar-refractivity contribution in [1.82, 2.24) is 14.5 Å². The summed E-state index contributed by atoms with van der Waals surface area (Å²) < 4.78 is 41.8. The normalized spacial score (nSPS) is 17.8. The van der Waals surface area contributed by atoms with Gasteiger partial charge in [-0.2, -0.15) is 0 Å². The van der Waals surface area contributed by atoms with E-state index in [0.29, 0.717) is 35.7 Å². The number of imidazole rings is 1. The minimum absolute atomic E-state index is 0.00599. The second kappa shape index (κ2) is 9.61. The Morgan fingerprint density at radius 1 is 1.05 bits per heavy atom. The van der Waals surface area contributed by atoms with Gasteiger partial charge in [-0.15, -0.1) is 0 Å². The molecular formula is C29H27F2N3O3. The molecule has 1 aromatic heterocycles. The summed E-state index contributed by atoms with van der Waals surface area (Å²) in [6, 6.07) is 15.0. The van der Waals surface area contributed by atoms with E-state index in [1.54, 1.807) is 16.7 Å². The average Bonchev–Trinajstić information content (AvgIpc) is 3.13.